The Hall–Kier alpha value is -0.900. The first kappa shape index (κ1) is 5.24. The average molecular weight is 113 g/mol. The van der Waals surface area contributed by atoms with Crippen LogP contribution in [0.4, 0.5) is 0 Å². The molecule has 43 valence electrons. The van der Waals surface area contributed by atoms with Crippen LogP contribution in [-0.4, -0.2) is 10.1 Å². The SMILES string of the molecule is Cc1noc(C[O])n1. The molecule has 1 radical (unpaired) electrons. The lowest BCUT2D eigenvalue weighted by atomic mass is 10.7. The van der Waals surface area contributed by atoms with Gasteiger partial charge in [0.05, 0.1) is 0 Å². The second-order valence-electron chi connectivity index (χ2n) is 1.38. The molecule has 0 bridgehead atoms. The van der Waals surface area contributed by atoms with E-state index in [1.807, 2.05) is 0 Å². The van der Waals surface area contributed by atoms with E-state index in [-0.39, 0.29) is 5.89 Å². The Bertz CT molecular complexity index is 172. The van der Waals surface area contributed by atoms with Gasteiger partial charge in [-0.15, -0.1) is 0 Å². The molecule has 1 heterocycles. The van der Waals surface area contributed by atoms with Crippen molar-refractivity contribution in [1.82, 2.24) is 10.1 Å². The minimum atomic E-state index is -0.430. The number of nitrogens with zero attached hydrogens (tertiary/aromatic N) is 2. The van der Waals surface area contributed by atoms with Crippen LogP contribution in [0.1, 0.15) is 11.7 Å². The van der Waals surface area contributed by atoms with Crippen molar-refractivity contribution in [1.29, 1.82) is 0 Å². The van der Waals surface area contributed by atoms with E-state index in [4.69, 9.17) is 0 Å². The molecule has 0 fully saturated rings. The maximum Gasteiger partial charge on any atom is 0.255 e. The highest BCUT2D eigenvalue weighted by Gasteiger charge is 1.97. The lowest BCUT2D eigenvalue weighted by Gasteiger charge is -1.72. The summed E-state index contributed by atoms with van der Waals surface area (Å²) in [6.45, 7) is 1.24. The second kappa shape index (κ2) is 1.92. The standard InChI is InChI=1S/C4H5N2O2/c1-3-5-4(2-7)8-6-3/h2H2,1H3. The van der Waals surface area contributed by atoms with Crippen LogP contribution in [-0.2, 0) is 11.7 Å². The largest absolute Gasteiger partial charge is 0.337 e. The normalized spacial score (nSPS) is 9.75. The van der Waals surface area contributed by atoms with E-state index in [1.165, 1.54) is 0 Å². The highest BCUT2D eigenvalue weighted by atomic mass is 16.5. The predicted octanol–water partition coefficient (Wildman–Crippen LogP) is 0.309. The van der Waals surface area contributed by atoms with Crippen LogP contribution in [0.3, 0.4) is 0 Å². The molecule has 0 aliphatic heterocycles. The molecule has 0 aliphatic carbocycles. The molecule has 0 amide bonds. The maximum atomic E-state index is 9.95. The molecule has 1 aromatic heterocycles. The summed E-state index contributed by atoms with van der Waals surface area (Å²) in [6.07, 6.45) is 0. The van der Waals surface area contributed by atoms with E-state index in [0.29, 0.717) is 5.82 Å². The average Bonchev–Trinajstić information content (AvgIpc) is 2.14. The predicted molar refractivity (Wildman–Crippen MR) is 23.4 cm³/mol. The third kappa shape index (κ3) is 0.840. The minimum Gasteiger partial charge on any atom is -0.337 e. The highest BCUT2D eigenvalue weighted by molar-refractivity contribution is 4.79. The smallest absolute Gasteiger partial charge is 0.255 e. The van der Waals surface area contributed by atoms with Crippen LogP contribution in [0.5, 0.6) is 0 Å². The zero-order valence-corrected chi connectivity index (χ0v) is 4.42. The van der Waals surface area contributed by atoms with Crippen LogP contribution in [0.2, 0.25) is 0 Å². The Kier molecular flexibility index (Phi) is 1.26. The second-order valence-corrected chi connectivity index (χ2v) is 1.38. The summed E-state index contributed by atoms with van der Waals surface area (Å²) in [6, 6.07) is 0. The van der Waals surface area contributed by atoms with Gasteiger partial charge in [-0.1, -0.05) is 5.16 Å². The van der Waals surface area contributed by atoms with Crippen molar-refractivity contribution >= 4 is 0 Å². The summed E-state index contributed by atoms with van der Waals surface area (Å²) >= 11 is 0. The molecule has 0 atom stereocenters. The van der Waals surface area contributed by atoms with E-state index in [1.54, 1.807) is 6.92 Å². The molecule has 0 saturated heterocycles. The van der Waals surface area contributed by atoms with E-state index >= 15 is 0 Å². The van der Waals surface area contributed by atoms with E-state index < -0.39 is 6.61 Å². The minimum absolute atomic E-state index is 0.155. The molecule has 4 heteroatoms. The third-order valence-corrected chi connectivity index (χ3v) is 0.693. The number of aryl methyl sites for hydroxylation is 1. The summed E-state index contributed by atoms with van der Waals surface area (Å²) in [4.78, 5) is 3.64. The molecular weight excluding hydrogens is 108 g/mol. The van der Waals surface area contributed by atoms with Gasteiger partial charge in [0.1, 0.15) is 0 Å². The van der Waals surface area contributed by atoms with E-state index in [9.17, 15) is 5.11 Å². The molecule has 1 aromatic rings. The fourth-order valence-electron chi connectivity index (χ4n) is 0.399. The molecule has 0 aliphatic rings. The topological polar surface area (TPSA) is 58.8 Å². The highest BCUT2D eigenvalue weighted by Crippen LogP contribution is 1.93. The Morgan fingerprint density at radius 2 is 2.50 bits per heavy atom. The summed E-state index contributed by atoms with van der Waals surface area (Å²) in [5.41, 5.74) is 0. The van der Waals surface area contributed by atoms with Crippen LogP contribution in [0, 0.1) is 6.92 Å². The fraction of sp³-hybridized carbons (Fsp3) is 0.500. The van der Waals surface area contributed by atoms with Gasteiger partial charge in [0, 0.05) is 0 Å². The quantitative estimate of drug-likeness (QED) is 0.526. The third-order valence-electron chi connectivity index (χ3n) is 0.693. The summed E-state index contributed by atoms with van der Waals surface area (Å²) < 4.78 is 4.44. The van der Waals surface area contributed by atoms with Gasteiger partial charge in [0.25, 0.3) is 5.89 Å². The molecular formula is C4H5N2O2. The van der Waals surface area contributed by atoms with Crippen LogP contribution in [0.15, 0.2) is 4.52 Å². The van der Waals surface area contributed by atoms with Crippen LogP contribution < -0.4 is 0 Å². The first-order valence-corrected chi connectivity index (χ1v) is 2.20. The molecule has 0 spiro atoms. The zero-order valence-electron chi connectivity index (χ0n) is 4.42. The summed E-state index contributed by atoms with van der Waals surface area (Å²) in [7, 11) is 0. The van der Waals surface area contributed by atoms with Gasteiger partial charge in [-0.3, -0.25) is 0 Å². The van der Waals surface area contributed by atoms with Crippen molar-refractivity contribution in [3.05, 3.63) is 11.7 Å². The Labute approximate surface area is 46.1 Å². The van der Waals surface area contributed by atoms with Gasteiger partial charge in [-0.05, 0) is 6.92 Å². The summed E-state index contributed by atoms with van der Waals surface area (Å²) in [5.74, 6) is 0.665. The number of hydrogen-bond acceptors (Lipinski definition) is 3. The molecule has 0 saturated carbocycles. The lowest BCUT2D eigenvalue weighted by Crippen LogP contribution is -1.78. The van der Waals surface area contributed by atoms with Gasteiger partial charge in [0.15, 0.2) is 12.4 Å². The monoisotopic (exact) mass is 113 g/mol. The van der Waals surface area contributed by atoms with Crippen LogP contribution >= 0.6 is 0 Å². The molecule has 0 aromatic carbocycles. The van der Waals surface area contributed by atoms with Crippen molar-refractivity contribution < 1.29 is 9.63 Å². The van der Waals surface area contributed by atoms with Gasteiger partial charge in [-0.2, -0.15) is 4.98 Å². The zero-order chi connectivity index (χ0) is 5.98. The molecule has 8 heavy (non-hydrogen) atoms. The van der Waals surface area contributed by atoms with Crippen molar-refractivity contribution in [2.75, 3.05) is 0 Å². The molecule has 0 N–H and O–H groups in total. The fourth-order valence-corrected chi connectivity index (χ4v) is 0.399. The Morgan fingerprint density at radius 3 is 2.75 bits per heavy atom. The summed E-state index contributed by atoms with van der Waals surface area (Å²) in [5, 5.41) is 13.3. The number of hydrogen-bond donors (Lipinski definition) is 0. The number of rotatable bonds is 1. The Balaban J connectivity index is 2.84. The maximum absolute atomic E-state index is 9.95. The van der Waals surface area contributed by atoms with Crippen molar-refractivity contribution in [3.8, 4) is 0 Å². The molecule has 4 nitrogen and oxygen atoms in total. The first-order chi connectivity index (χ1) is 3.83. The van der Waals surface area contributed by atoms with Gasteiger partial charge < -0.3 is 4.52 Å². The Morgan fingerprint density at radius 1 is 1.75 bits per heavy atom. The van der Waals surface area contributed by atoms with Crippen LogP contribution in [0.25, 0.3) is 0 Å². The lowest BCUT2D eigenvalue weighted by molar-refractivity contribution is 0.142. The first-order valence-electron chi connectivity index (χ1n) is 2.20. The van der Waals surface area contributed by atoms with Gasteiger partial charge in [-0.25, -0.2) is 5.11 Å². The van der Waals surface area contributed by atoms with Crippen molar-refractivity contribution in [2.45, 2.75) is 13.5 Å². The van der Waals surface area contributed by atoms with E-state index in [2.05, 4.69) is 14.7 Å². The van der Waals surface area contributed by atoms with Gasteiger partial charge >= 0.3 is 0 Å². The molecule has 1 rings (SSSR count). The van der Waals surface area contributed by atoms with Crippen molar-refractivity contribution in [2.24, 2.45) is 0 Å². The molecule has 0 unspecified atom stereocenters. The van der Waals surface area contributed by atoms with Gasteiger partial charge in [0.2, 0.25) is 0 Å². The number of aromatic nitrogens is 2. The van der Waals surface area contributed by atoms with E-state index in [0.717, 1.165) is 0 Å². The van der Waals surface area contributed by atoms with Crippen molar-refractivity contribution in [3.63, 3.8) is 0 Å².